The molecule has 1 fully saturated rings. The zero-order valence-corrected chi connectivity index (χ0v) is 19.5. The molecule has 0 aliphatic carbocycles. The summed E-state index contributed by atoms with van der Waals surface area (Å²) < 4.78 is 14.3. The molecule has 9 heteroatoms. The van der Waals surface area contributed by atoms with Crippen molar-refractivity contribution in [1.82, 2.24) is 15.3 Å². The monoisotopic (exact) mass is 507 g/mol. The van der Waals surface area contributed by atoms with Gasteiger partial charge in [0.05, 0.1) is 26.3 Å². The number of fused-ring (bicyclic) bond motifs is 1. The second-order valence-corrected chi connectivity index (χ2v) is 8.96. The van der Waals surface area contributed by atoms with E-state index >= 15 is 0 Å². The fourth-order valence-corrected chi connectivity index (χ4v) is 4.72. The summed E-state index contributed by atoms with van der Waals surface area (Å²) in [5.41, 5.74) is 2.59. The average Bonchev–Trinajstić information content (AvgIpc) is 3.17. The molecule has 1 saturated heterocycles. The second kappa shape index (κ2) is 9.54. The van der Waals surface area contributed by atoms with Crippen molar-refractivity contribution < 1.29 is 9.18 Å². The molecule has 4 rings (SSSR count). The van der Waals surface area contributed by atoms with E-state index in [9.17, 15) is 9.18 Å². The third-order valence-electron chi connectivity index (χ3n) is 5.48. The first-order valence-electron chi connectivity index (χ1n) is 10.4. The maximum absolute atomic E-state index is 13.5. The number of hydrogen-bond acceptors (Lipinski definition) is 4. The summed E-state index contributed by atoms with van der Waals surface area (Å²) in [6.07, 6.45) is 6.83. The van der Waals surface area contributed by atoms with Crippen LogP contribution in [-0.2, 0) is 0 Å². The number of pyridine rings is 1. The summed E-state index contributed by atoms with van der Waals surface area (Å²) in [4.78, 5) is 22.7. The van der Waals surface area contributed by atoms with Crippen LogP contribution in [-0.4, -0.2) is 41.6 Å². The number of H-pyrrole nitrogens is 1. The van der Waals surface area contributed by atoms with Crippen molar-refractivity contribution in [3.05, 3.63) is 51.5 Å². The van der Waals surface area contributed by atoms with E-state index in [4.69, 9.17) is 11.6 Å². The average molecular weight is 509 g/mol. The third kappa shape index (κ3) is 4.71. The highest BCUT2D eigenvalue weighted by atomic mass is 79.9. The van der Waals surface area contributed by atoms with Crippen LogP contribution >= 0.6 is 27.5 Å². The van der Waals surface area contributed by atoms with Gasteiger partial charge < -0.3 is 20.5 Å². The van der Waals surface area contributed by atoms with E-state index in [1.165, 1.54) is 18.2 Å². The molecule has 31 heavy (non-hydrogen) atoms. The fourth-order valence-electron chi connectivity index (χ4n) is 3.99. The van der Waals surface area contributed by atoms with E-state index in [0.29, 0.717) is 17.4 Å². The number of rotatable bonds is 6. The first kappa shape index (κ1) is 22.0. The zero-order chi connectivity index (χ0) is 22.0. The molecule has 164 valence electrons. The van der Waals surface area contributed by atoms with Crippen LogP contribution in [0.5, 0.6) is 0 Å². The molecule has 1 aromatic carbocycles. The van der Waals surface area contributed by atoms with Crippen molar-refractivity contribution in [2.24, 2.45) is 0 Å². The van der Waals surface area contributed by atoms with Gasteiger partial charge in [0.15, 0.2) is 0 Å². The largest absolute Gasteiger partial charge is 0.368 e. The molecule has 1 amide bonds. The van der Waals surface area contributed by atoms with Crippen LogP contribution in [0.3, 0.4) is 0 Å². The SMILES string of the molecule is CCCN[C@@H]1CCCN(c2c(Br)cnc3[nH]cc(NC(=O)c4ccc(F)c(Cl)c4)c23)C1. The summed E-state index contributed by atoms with van der Waals surface area (Å²) in [6.45, 7) is 4.97. The number of halogens is 3. The van der Waals surface area contributed by atoms with Crippen LogP contribution in [0.25, 0.3) is 11.0 Å². The number of anilines is 2. The minimum absolute atomic E-state index is 0.0874. The first-order valence-corrected chi connectivity index (χ1v) is 11.5. The van der Waals surface area contributed by atoms with Crippen molar-refractivity contribution in [1.29, 1.82) is 0 Å². The maximum Gasteiger partial charge on any atom is 0.255 e. The van der Waals surface area contributed by atoms with Gasteiger partial charge in [-0.15, -0.1) is 0 Å². The van der Waals surface area contributed by atoms with E-state index in [-0.39, 0.29) is 16.5 Å². The minimum atomic E-state index is -0.558. The molecule has 2 aromatic heterocycles. The molecular weight excluding hydrogens is 485 g/mol. The zero-order valence-electron chi connectivity index (χ0n) is 17.1. The number of aromatic nitrogens is 2. The van der Waals surface area contributed by atoms with Crippen molar-refractivity contribution >= 4 is 55.8 Å². The molecular formula is C22H24BrClFN5O. The number of hydrogen-bond donors (Lipinski definition) is 3. The highest BCUT2D eigenvalue weighted by Crippen LogP contribution is 2.39. The summed E-state index contributed by atoms with van der Waals surface area (Å²) in [6, 6.07) is 4.34. The molecule has 1 aliphatic heterocycles. The lowest BCUT2D eigenvalue weighted by Crippen LogP contribution is -2.46. The summed E-state index contributed by atoms with van der Waals surface area (Å²) >= 11 is 9.50. The Morgan fingerprint density at radius 2 is 2.29 bits per heavy atom. The van der Waals surface area contributed by atoms with Crippen molar-refractivity contribution in [3.8, 4) is 0 Å². The molecule has 6 nitrogen and oxygen atoms in total. The van der Waals surface area contributed by atoms with Gasteiger partial charge in [0, 0.05) is 37.1 Å². The van der Waals surface area contributed by atoms with Crippen LogP contribution < -0.4 is 15.5 Å². The molecule has 0 saturated carbocycles. The smallest absolute Gasteiger partial charge is 0.255 e. The molecule has 3 aromatic rings. The number of amides is 1. The Kier molecular flexibility index (Phi) is 6.79. The van der Waals surface area contributed by atoms with Crippen LogP contribution in [0, 0.1) is 5.82 Å². The van der Waals surface area contributed by atoms with E-state index in [1.807, 2.05) is 0 Å². The number of aromatic amines is 1. The summed E-state index contributed by atoms with van der Waals surface area (Å²) in [5, 5.41) is 7.30. The Labute approximate surface area is 193 Å². The van der Waals surface area contributed by atoms with E-state index in [2.05, 4.69) is 48.4 Å². The predicted octanol–water partition coefficient (Wildman–Crippen LogP) is 5.34. The van der Waals surface area contributed by atoms with Crippen LogP contribution in [0.2, 0.25) is 5.02 Å². The Hall–Kier alpha value is -2.16. The number of nitrogens with one attached hydrogen (secondary N) is 3. The van der Waals surface area contributed by atoms with Gasteiger partial charge in [-0.2, -0.15) is 0 Å². The Balaban J connectivity index is 1.66. The van der Waals surface area contributed by atoms with Crippen LogP contribution in [0.4, 0.5) is 15.8 Å². The first-order chi connectivity index (χ1) is 15.0. The molecule has 0 radical (unpaired) electrons. The number of piperidine rings is 1. The van der Waals surface area contributed by atoms with Crippen LogP contribution in [0.1, 0.15) is 36.5 Å². The summed E-state index contributed by atoms with van der Waals surface area (Å²) in [5.74, 6) is -0.924. The Bertz CT molecular complexity index is 1100. The third-order valence-corrected chi connectivity index (χ3v) is 6.35. The molecule has 3 N–H and O–H groups in total. The lowest BCUT2D eigenvalue weighted by Gasteiger charge is -2.36. The van der Waals surface area contributed by atoms with Gasteiger partial charge in [0.1, 0.15) is 11.5 Å². The number of carbonyl (C=O) groups is 1. The molecule has 0 unspecified atom stereocenters. The maximum atomic E-state index is 13.5. The van der Waals surface area contributed by atoms with Gasteiger partial charge in [0.25, 0.3) is 5.91 Å². The minimum Gasteiger partial charge on any atom is -0.368 e. The topological polar surface area (TPSA) is 73.1 Å². The second-order valence-electron chi connectivity index (χ2n) is 7.70. The normalized spacial score (nSPS) is 16.6. The highest BCUT2D eigenvalue weighted by molar-refractivity contribution is 9.10. The van der Waals surface area contributed by atoms with Crippen molar-refractivity contribution in [2.45, 2.75) is 32.2 Å². The predicted molar refractivity (Wildman–Crippen MR) is 127 cm³/mol. The number of nitrogens with zero attached hydrogens (tertiary/aromatic N) is 2. The lowest BCUT2D eigenvalue weighted by atomic mass is 10.0. The van der Waals surface area contributed by atoms with Gasteiger partial charge in [-0.1, -0.05) is 18.5 Å². The van der Waals surface area contributed by atoms with E-state index in [0.717, 1.165) is 54.4 Å². The van der Waals surface area contributed by atoms with Crippen molar-refractivity contribution in [2.75, 3.05) is 29.9 Å². The van der Waals surface area contributed by atoms with Gasteiger partial charge >= 0.3 is 0 Å². The van der Waals surface area contributed by atoms with Gasteiger partial charge in [-0.3, -0.25) is 4.79 Å². The quantitative estimate of drug-likeness (QED) is 0.420. The molecule has 1 atom stereocenters. The Morgan fingerprint density at radius 1 is 1.45 bits per heavy atom. The van der Waals surface area contributed by atoms with Gasteiger partial charge in [-0.25, -0.2) is 9.37 Å². The van der Waals surface area contributed by atoms with Crippen LogP contribution in [0.15, 0.2) is 35.1 Å². The van der Waals surface area contributed by atoms with Gasteiger partial charge in [0.2, 0.25) is 0 Å². The standard InChI is InChI=1S/C22H24BrClFN5O/c1-2-7-26-14-4-3-8-30(12-14)20-15(23)10-27-21-19(20)18(11-28-21)29-22(31)13-5-6-17(25)16(24)9-13/h5-6,9-11,14,26H,2-4,7-8,12H2,1H3,(H,27,28)(H,29,31)/t14-/m1/s1. The van der Waals surface area contributed by atoms with Gasteiger partial charge in [-0.05, 0) is 59.9 Å². The molecule has 0 bridgehead atoms. The molecule has 3 heterocycles. The van der Waals surface area contributed by atoms with Crippen molar-refractivity contribution in [3.63, 3.8) is 0 Å². The number of benzene rings is 1. The molecule has 0 spiro atoms. The van der Waals surface area contributed by atoms with E-state index < -0.39 is 5.82 Å². The highest BCUT2D eigenvalue weighted by Gasteiger charge is 2.25. The summed E-state index contributed by atoms with van der Waals surface area (Å²) in [7, 11) is 0. The number of carbonyl (C=O) groups excluding carboxylic acids is 1. The molecule has 1 aliphatic rings. The fraction of sp³-hybridized carbons (Fsp3) is 0.364. The Morgan fingerprint density at radius 3 is 3.06 bits per heavy atom. The van der Waals surface area contributed by atoms with E-state index in [1.54, 1.807) is 12.4 Å². The lowest BCUT2D eigenvalue weighted by molar-refractivity contribution is 0.102.